The molecule has 0 saturated carbocycles. The predicted octanol–water partition coefficient (Wildman–Crippen LogP) is -4.60. The van der Waals surface area contributed by atoms with Crippen LogP contribution in [0.3, 0.4) is 0 Å². The van der Waals surface area contributed by atoms with Gasteiger partial charge in [0.05, 0.1) is 11.7 Å². The van der Waals surface area contributed by atoms with Gasteiger partial charge in [-0.05, 0) is 6.42 Å². The van der Waals surface area contributed by atoms with Crippen LogP contribution in [0.5, 0.6) is 0 Å². The second-order valence-electron chi connectivity index (χ2n) is 3.58. The van der Waals surface area contributed by atoms with Crippen molar-refractivity contribution in [1.29, 1.82) is 0 Å². The summed E-state index contributed by atoms with van der Waals surface area (Å²) >= 11 is 0. The molecule has 1 rings (SSSR count). The molecule has 0 amide bonds. The van der Waals surface area contributed by atoms with E-state index >= 15 is 0 Å². The van der Waals surface area contributed by atoms with Crippen LogP contribution in [-0.4, -0.2) is 26.6 Å². The number of nitrogens with zero attached hydrogens (tertiary/aromatic N) is 1. The topological polar surface area (TPSA) is 132 Å². The molecule has 9 heteroatoms. The van der Waals surface area contributed by atoms with Crippen LogP contribution in [0.2, 0.25) is 0 Å². The number of carbonyl (C=O) groups excluding carboxylic acids is 1. The molecule has 0 aliphatic rings. The molecule has 0 fully saturated rings. The first-order valence-electron chi connectivity index (χ1n) is 5.21. The van der Waals surface area contributed by atoms with Crippen molar-refractivity contribution in [3.05, 3.63) is 32.1 Å². The average molecular weight is 278 g/mol. The fraction of sp³-hybridized carbons (Fsp3) is 0.400. The Balaban J connectivity index is 0.00000324. The van der Waals surface area contributed by atoms with Crippen LogP contribution < -0.4 is 45.9 Å². The van der Waals surface area contributed by atoms with Crippen LogP contribution >= 0.6 is 0 Å². The van der Waals surface area contributed by atoms with E-state index in [1.807, 2.05) is 6.92 Å². The standard InChI is InChI=1S/C10H12N2O6.Na/c1-2-3-4-12-6(9(16)17)5(8(14)15)7(13)11-10(12)18;/h2-4H2,1H3,(H,14,15)(H,16,17)(H,11,13,18);/q;+1/p-1. The molecule has 1 heterocycles. The smallest absolute Gasteiger partial charge is 0.543 e. The van der Waals surface area contributed by atoms with Gasteiger partial charge in [0.15, 0.2) is 5.56 Å². The van der Waals surface area contributed by atoms with E-state index in [0.717, 1.165) is 0 Å². The Kier molecular flexibility index (Phi) is 6.74. The van der Waals surface area contributed by atoms with Crippen LogP contribution in [0.4, 0.5) is 0 Å². The number of nitrogens with one attached hydrogen (secondary N) is 1. The summed E-state index contributed by atoms with van der Waals surface area (Å²) in [6.45, 7) is 1.81. The third kappa shape index (κ3) is 3.79. The second kappa shape index (κ2) is 7.27. The number of hydrogen-bond donors (Lipinski definition) is 2. The third-order valence-corrected chi connectivity index (χ3v) is 2.34. The molecule has 0 atom stereocenters. The largest absolute Gasteiger partial charge is 1.00 e. The molecule has 1 aromatic heterocycles. The Morgan fingerprint density at radius 2 is 1.95 bits per heavy atom. The first-order chi connectivity index (χ1) is 8.40. The van der Waals surface area contributed by atoms with Crippen LogP contribution in [0.1, 0.15) is 40.6 Å². The molecule has 0 aromatic carbocycles. The fourth-order valence-electron chi connectivity index (χ4n) is 1.51. The van der Waals surface area contributed by atoms with Gasteiger partial charge in [0, 0.05) is 6.54 Å². The Morgan fingerprint density at radius 3 is 2.37 bits per heavy atom. The van der Waals surface area contributed by atoms with E-state index in [4.69, 9.17) is 5.11 Å². The number of rotatable bonds is 5. The molecule has 0 aliphatic carbocycles. The maximum atomic E-state index is 11.5. The Bertz CT molecular complexity index is 603. The number of hydrogen-bond acceptors (Lipinski definition) is 5. The van der Waals surface area contributed by atoms with Crippen molar-refractivity contribution in [1.82, 2.24) is 9.55 Å². The van der Waals surface area contributed by atoms with E-state index in [1.54, 1.807) is 4.98 Å². The maximum absolute atomic E-state index is 11.5. The maximum Gasteiger partial charge on any atom is 1.00 e. The van der Waals surface area contributed by atoms with Gasteiger partial charge in [-0.3, -0.25) is 14.3 Å². The molecule has 0 bridgehead atoms. The van der Waals surface area contributed by atoms with Gasteiger partial charge in [-0.2, -0.15) is 0 Å². The first-order valence-corrected chi connectivity index (χ1v) is 5.21. The zero-order valence-corrected chi connectivity index (χ0v) is 12.6. The van der Waals surface area contributed by atoms with Crippen molar-refractivity contribution >= 4 is 11.9 Å². The molecule has 0 spiro atoms. The number of aromatic nitrogens is 2. The number of carboxylic acid groups (broad SMARTS) is 2. The van der Waals surface area contributed by atoms with Gasteiger partial charge in [0.2, 0.25) is 0 Å². The average Bonchev–Trinajstić information content (AvgIpc) is 2.26. The minimum absolute atomic E-state index is 0. The zero-order valence-electron chi connectivity index (χ0n) is 10.6. The summed E-state index contributed by atoms with van der Waals surface area (Å²) < 4.78 is 0.698. The molecule has 1 aromatic rings. The first kappa shape index (κ1) is 17.6. The van der Waals surface area contributed by atoms with Gasteiger partial charge in [-0.25, -0.2) is 9.59 Å². The molecule has 0 aliphatic heterocycles. The molecule has 98 valence electrons. The quantitative estimate of drug-likeness (QED) is 0.521. The van der Waals surface area contributed by atoms with Crippen LogP contribution in [-0.2, 0) is 6.54 Å². The van der Waals surface area contributed by atoms with Crippen molar-refractivity contribution < 1.29 is 49.4 Å². The summed E-state index contributed by atoms with van der Waals surface area (Å²) in [6.07, 6.45) is 1.13. The summed E-state index contributed by atoms with van der Waals surface area (Å²) in [5.74, 6) is -3.59. The molecule has 0 saturated heterocycles. The number of carboxylic acids is 2. The molecule has 0 radical (unpaired) electrons. The van der Waals surface area contributed by atoms with E-state index in [9.17, 15) is 24.3 Å². The van der Waals surface area contributed by atoms with E-state index in [-0.39, 0.29) is 36.1 Å². The minimum atomic E-state index is -1.87. The Hall–Kier alpha value is -1.38. The number of aromatic carboxylic acids is 2. The van der Waals surface area contributed by atoms with Crippen molar-refractivity contribution in [2.24, 2.45) is 0 Å². The zero-order chi connectivity index (χ0) is 13.9. The Labute approximate surface area is 129 Å². The number of H-pyrrole nitrogens is 1. The summed E-state index contributed by atoms with van der Waals surface area (Å²) in [5, 5.41) is 19.7. The summed E-state index contributed by atoms with van der Waals surface area (Å²) in [6, 6.07) is 0. The monoisotopic (exact) mass is 278 g/mol. The van der Waals surface area contributed by atoms with Gasteiger partial charge < -0.3 is 15.0 Å². The van der Waals surface area contributed by atoms with Crippen LogP contribution in [0.25, 0.3) is 0 Å². The van der Waals surface area contributed by atoms with Gasteiger partial charge in [-0.1, -0.05) is 13.3 Å². The molecular weight excluding hydrogens is 267 g/mol. The molecule has 0 unspecified atom stereocenters. The van der Waals surface area contributed by atoms with E-state index in [0.29, 0.717) is 17.4 Å². The van der Waals surface area contributed by atoms with Crippen LogP contribution in [0.15, 0.2) is 9.59 Å². The summed E-state index contributed by atoms with van der Waals surface area (Å²) in [5.41, 5.74) is -4.10. The normalized spacial score (nSPS) is 9.74. The number of aromatic amines is 1. The third-order valence-electron chi connectivity index (χ3n) is 2.34. The van der Waals surface area contributed by atoms with Crippen molar-refractivity contribution in [2.45, 2.75) is 26.3 Å². The SMILES string of the molecule is CCCCn1c(C(=O)[O-])c(C(=O)O)c(=O)[nH]c1=O.[Na+]. The van der Waals surface area contributed by atoms with Gasteiger partial charge in [-0.15, -0.1) is 0 Å². The Morgan fingerprint density at radius 1 is 1.37 bits per heavy atom. The van der Waals surface area contributed by atoms with Gasteiger partial charge in [0.1, 0.15) is 0 Å². The summed E-state index contributed by atoms with van der Waals surface area (Å²) in [7, 11) is 0. The van der Waals surface area contributed by atoms with E-state index in [2.05, 4.69) is 0 Å². The molecule has 19 heavy (non-hydrogen) atoms. The number of carbonyl (C=O) groups is 2. The fourth-order valence-corrected chi connectivity index (χ4v) is 1.51. The van der Waals surface area contributed by atoms with Crippen molar-refractivity contribution in [3.63, 3.8) is 0 Å². The summed E-state index contributed by atoms with van der Waals surface area (Å²) in [4.78, 5) is 46.3. The van der Waals surface area contributed by atoms with Crippen molar-refractivity contribution in [2.75, 3.05) is 0 Å². The van der Waals surface area contributed by atoms with Gasteiger partial charge in [0.25, 0.3) is 5.56 Å². The van der Waals surface area contributed by atoms with E-state index < -0.39 is 34.4 Å². The molecule has 8 nitrogen and oxygen atoms in total. The molecular formula is C10H11N2NaO6. The predicted molar refractivity (Wildman–Crippen MR) is 57.5 cm³/mol. The van der Waals surface area contributed by atoms with E-state index in [1.165, 1.54) is 0 Å². The second-order valence-corrected chi connectivity index (χ2v) is 3.58. The molecule has 2 N–H and O–H groups in total. The van der Waals surface area contributed by atoms with Crippen molar-refractivity contribution in [3.8, 4) is 0 Å². The minimum Gasteiger partial charge on any atom is -0.543 e. The number of unbranched alkanes of at least 4 members (excludes halogenated alkanes) is 1. The van der Waals surface area contributed by atoms with Crippen LogP contribution in [0, 0.1) is 0 Å². The van der Waals surface area contributed by atoms with Gasteiger partial charge >= 0.3 is 41.2 Å².